The number of guanidine groups is 1. The summed E-state index contributed by atoms with van der Waals surface area (Å²) in [6.45, 7) is 7.65. The van der Waals surface area contributed by atoms with Crippen LogP contribution in [-0.4, -0.2) is 57.8 Å². The number of hydrogen-bond acceptors (Lipinski definition) is 4. The molecule has 0 amide bonds. The molecule has 0 radical (unpaired) electrons. The maximum absolute atomic E-state index is 12.9. The summed E-state index contributed by atoms with van der Waals surface area (Å²) >= 11 is 1.69. The first kappa shape index (κ1) is 24.5. The average molecular weight is 511 g/mol. The van der Waals surface area contributed by atoms with Crippen LogP contribution in [0.5, 0.6) is 0 Å². The average Bonchev–Trinajstić information content (AvgIpc) is 3.16. The van der Waals surface area contributed by atoms with E-state index in [-0.39, 0.29) is 29.8 Å². The Bertz CT molecular complexity index is 528. The quantitative estimate of drug-likeness (QED) is 0.157. The minimum Gasteiger partial charge on any atom is -0.381 e. The molecular formula is C19H31FIN3O2S. The summed E-state index contributed by atoms with van der Waals surface area (Å²) in [6, 6.07) is 6.58. The Kier molecular flexibility index (Phi) is 13.9. The fourth-order valence-corrected chi connectivity index (χ4v) is 3.30. The zero-order valence-corrected chi connectivity index (χ0v) is 19.1. The van der Waals surface area contributed by atoms with Crippen LogP contribution in [0.4, 0.5) is 4.39 Å². The van der Waals surface area contributed by atoms with Gasteiger partial charge >= 0.3 is 0 Å². The van der Waals surface area contributed by atoms with E-state index >= 15 is 0 Å². The smallest absolute Gasteiger partial charge is 0.191 e. The van der Waals surface area contributed by atoms with Gasteiger partial charge in [0.25, 0.3) is 0 Å². The van der Waals surface area contributed by atoms with Crippen LogP contribution in [0, 0.1) is 11.7 Å². The van der Waals surface area contributed by atoms with Crippen molar-refractivity contribution in [3.63, 3.8) is 0 Å². The number of ether oxygens (including phenoxy) is 2. The van der Waals surface area contributed by atoms with Gasteiger partial charge in [0, 0.05) is 49.4 Å². The van der Waals surface area contributed by atoms with Gasteiger partial charge in [-0.05, 0) is 44.0 Å². The van der Waals surface area contributed by atoms with Crippen molar-refractivity contribution in [2.75, 3.05) is 51.8 Å². The van der Waals surface area contributed by atoms with Crippen molar-refractivity contribution in [2.45, 2.75) is 24.7 Å². The lowest BCUT2D eigenvalue weighted by Crippen LogP contribution is -2.38. The minimum absolute atomic E-state index is 0. The summed E-state index contributed by atoms with van der Waals surface area (Å²) in [5.74, 6) is 2.09. The highest BCUT2D eigenvalue weighted by molar-refractivity contribution is 14.0. The molecule has 0 saturated carbocycles. The van der Waals surface area contributed by atoms with Gasteiger partial charge in [0.2, 0.25) is 0 Å². The highest BCUT2D eigenvalue weighted by Crippen LogP contribution is 2.17. The summed E-state index contributed by atoms with van der Waals surface area (Å²) in [6.07, 6.45) is 2.02. The molecule has 8 heteroatoms. The molecular weight excluding hydrogens is 480 g/mol. The molecule has 1 aliphatic rings. The molecule has 1 unspecified atom stereocenters. The van der Waals surface area contributed by atoms with E-state index in [2.05, 4.69) is 22.5 Å². The Morgan fingerprint density at radius 2 is 2.15 bits per heavy atom. The molecule has 1 aliphatic heterocycles. The molecule has 0 bridgehead atoms. The number of benzene rings is 1. The SMILES string of the molecule is CCNC(=NCCCOCC1CCOC1)NCCSc1ccc(F)cc1.I. The number of aliphatic imine (C=N–C) groups is 1. The molecule has 1 aromatic carbocycles. The molecule has 0 spiro atoms. The van der Waals surface area contributed by atoms with Crippen molar-refractivity contribution in [1.29, 1.82) is 0 Å². The van der Waals surface area contributed by atoms with E-state index in [4.69, 9.17) is 9.47 Å². The van der Waals surface area contributed by atoms with Gasteiger partial charge in [0.15, 0.2) is 5.96 Å². The van der Waals surface area contributed by atoms with Crippen LogP contribution >= 0.6 is 35.7 Å². The summed E-state index contributed by atoms with van der Waals surface area (Å²) in [5.41, 5.74) is 0. The number of thioether (sulfide) groups is 1. The first-order chi connectivity index (χ1) is 12.8. The second-order valence-corrected chi connectivity index (χ2v) is 7.32. The Morgan fingerprint density at radius 1 is 1.33 bits per heavy atom. The van der Waals surface area contributed by atoms with Crippen LogP contribution in [0.15, 0.2) is 34.2 Å². The molecule has 0 aromatic heterocycles. The van der Waals surface area contributed by atoms with E-state index in [0.29, 0.717) is 5.92 Å². The molecule has 1 saturated heterocycles. The lowest BCUT2D eigenvalue weighted by atomic mass is 10.1. The van der Waals surface area contributed by atoms with Gasteiger partial charge in [-0.2, -0.15) is 0 Å². The van der Waals surface area contributed by atoms with Crippen molar-refractivity contribution in [1.82, 2.24) is 10.6 Å². The lowest BCUT2D eigenvalue weighted by Gasteiger charge is -2.11. The van der Waals surface area contributed by atoms with E-state index in [0.717, 1.165) is 75.5 Å². The third-order valence-electron chi connectivity index (χ3n) is 3.92. The molecule has 1 aromatic rings. The van der Waals surface area contributed by atoms with Crippen LogP contribution in [0.3, 0.4) is 0 Å². The van der Waals surface area contributed by atoms with E-state index in [1.807, 2.05) is 0 Å². The van der Waals surface area contributed by atoms with E-state index in [1.54, 1.807) is 23.9 Å². The molecule has 2 rings (SSSR count). The van der Waals surface area contributed by atoms with Crippen molar-refractivity contribution in [3.8, 4) is 0 Å². The van der Waals surface area contributed by atoms with E-state index in [9.17, 15) is 4.39 Å². The van der Waals surface area contributed by atoms with Crippen LogP contribution in [0.2, 0.25) is 0 Å². The van der Waals surface area contributed by atoms with Gasteiger partial charge in [-0.1, -0.05) is 0 Å². The summed E-state index contributed by atoms with van der Waals surface area (Å²) < 4.78 is 23.9. The van der Waals surface area contributed by atoms with E-state index < -0.39 is 0 Å². The highest BCUT2D eigenvalue weighted by atomic mass is 127. The molecule has 1 fully saturated rings. The number of halogens is 2. The minimum atomic E-state index is -0.199. The largest absolute Gasteiger partial charge is 0.381 e. The monoisotopic (exact) mass is 511 g/mol. The van der Waals surface area contributed by atoms with Crippen LogP contribution in [0.25, 0.3) is 0 Å². The second-order valence-electron chi connectivity index (χ2n) is 6.15. The first-order valence-corrected chi connectivity index (χ1v) is 10.3. The van der Waals surface area contributed by atoms with Crippen LogP contribution < -0.4 is 10.6 Å². The Labute approximate surface area is 183 Å². The Morgan fingerprint density at radius 3 is 2.85 bits per heavy atom. The summed E-state index contributed by atoms with van der Waals surface area (Å²) in [5, 5.41) is 6.57. The van der Waals surface area contributed by atoms with Gasteiger partial charge < -0.3 is 20.1 Å². The summed E-state index contributed by atoms with van der Waals surface area (Å²) in [7, 11) is 0. The maximum atomic E-state index is 12.9. The van der Waals surface area contributed by atoms with Crippen molar-refractivity contribution in [3.05, 3.63) is 30.1 Å². The third kappa shape index (κ3) is 11.1. The Hall–Kier alpha value is -0.580. The second kappa shape index (κ2) is 15.4. The van der Waals surface area contributed by atoms with E-state index in [1.165, 1.54) is 12.1 Å². The van der Waals surface area contributed by atoms with Crippen molar-refractivity contribution < 1.29 is 13.9 Å². The van der Waals surface area contributed by atoms with Crippen LogP contribution in [-0.2, 0) is 9.47 Å². The molecule has 154 valence electrons. The zero-order chi connectivity index (χ0) is 18.5. The maximum Gasteiger partial charge on any atom is 0.191 e. The molecule has 2 N–H and O–H groups in total. The standard InChI is InChI=1S/C19H30FN3O2S.HI/c1-2-21-19(22-9-3-11-24-14-16-8-12-25-15-16)23-10-13-26-18-6-4-17(20)5-7-18;/h4-7,16H,2-3,8-15H2,1H3,(H2,21,22,23);1H. The lowest BCUT2D eigenvalue weighted by molar-refractivity contribution is 0.0893. The fourth-order valence-electron chi connectivity index (χ4n) is 2.53. The normalized spacial score (nSPS) is 16.8. The number of nitrogens with zero attached hydrogens (tertiary/aromatic N) is 1. The molecule has 1 atom stereocenters. The molecule has 1 heterocycles. The number of rotatable bonds is 11. The third-order valence-corrected chi connectivity index (χ3v) is 4.93. The van der Waals surface area contributed by atoms with Gasteiger partial charge in [0.05, 0.1) is 13.2 Å². The number of nitrogens with one attached hydrogen (secondary N) is 2. The predicted molar refractivity (Wildman–Crippen MR) is 121 cm³/mol. The van der Waals surface area contributed by atoms with Gasteiger partial charge in [-0.25, -0.2) is 4.39 Å². The van der Waals surface area contributed by atoms with Crippen molar-refractivity contribution >= 4 is 41.7 Å². The first-order valence-electron chi connectivity index (χ1n) is 9.34. The molecule has 5 nitrogen and oxygen atoms in total. The van der Waals surface area contributed by atoms with Crippen LogP contribution in [0.1, 0.15) is 19.8 Å². The van der Waals surface area contributed by atoms with Gasteiger partial charge in [0.1, 0.15) is 5.82 Å². The summed E-state index contributed by atoms with van der Waals surface area (Å²) in [4.78, 5) is 5.64. The molecule has 0 aliphatic carbocycles. The van der Waals surface area contributed by atoms with Gasteiger partial charge in [-0.15, -0.1) is 35.7 Å². The predicted octanol–water partition coefficient (Wildman–Crippen LogP) is 3.53. The number of hydrogen-bond donors (Lipinski definition) is 2. The van der Waals surface area contributed by atoms with Crippen molar-refractivity contribution in [2.24, 2.45) is 10.9 Å². The topological polar surface area (TPSA) is 54.9 Å². The van der Waals surface area contributed by atoms with Gasteiger partial charge in [-0.3, -0.25) is 4.99 Å². The highest BCUT2D eigenvalue weighted by Gasteiger charge is 2.15. The Balaban J connectivity index is 0.00000364. The fraction of sp³-hybridized carbons (Fsp3) is 0.632. The molecule has 27 heavy (non-hydrogen) atoms. The zero-order valence-electron chi connectivity index (χ0n) is 15.9.